The number of hydrogen-bond donors (Lipinski definition) is 5. The molecular formula is C14H22N2O7. The Morgan fingerprint density at radius 2 is 2.04 bits per heavy atom. The van der Waals surface area contributed by atoms with E-state index in [9.17, 15) is 24.9 Å². The monoisotopic (exact) mass is 330 g/mol. The highest BCUT2D eigenvalue weighted by Crippen LogP contribution is 2.28. The van der Waals surface area contributed by atoms with Gasteiger partial charge in [0.15, 0.2) is 6.23 Å². The van der Waals surface area contributed by atoms with Crippen LogP contribution in [-0.2, 0) is 11.2 Å². The van der Waals surface area contributed by atoms with Gasteiger partial charge in [0.1, 0.15) is 18.3 Å². The molecular weight excluding hydrogens is 308 g/mol. The van der Waals surface area contributed by atoms with E-state index >= 15 is 0 Å². The van der Waals surface area contributed by atoms with Gasteiger partial charge in [0.05, 0.1) is 12.7 Å². The lowest BCUT2D eigenvalue weighted by atomic mass is 10.1. The second kappa shape index (κ2) is 7.37. The molecule has 1 saturated heterocycles. The number of H-pyrrole nitrogens is 1. The summed E-state index contributed by atoms with van der Waals surface area (Å²) in [6.45, 7) is 1.14. The minimum Gasteiger partial charge on any atom is -0.394 e. The molecule has 0 radical (unpaired) electrons. The maximum absolute atomic E-state index is 11.9. The summed E-state index contributed by atoms with van der Waals surface area (Å²) in [6.07, 6.45) is -2.74. The highest BCUT2D eigenvalue weighted by Gasteiger charge is 2.43. The molecule has 1 aliphatic rings. The van der Waals surface area contributed by atoms with Crippen LogP contribution in [0.4, 0.5) is 0 Å². The fraction of sp³-hybridized carbons (Fsp3) is 0.714. The minimum absolute atomic E-state index is 0.308. The second-order valence-electron chi connectivity index (χ2n) is 5.79. The molecule has 130 valence electrons. The van der Waals surface area contributed by atoms with Crippen LogP contribution in [0.25, 0.3) is 0 Å². The fourth-order valence-electron chi connectivity index (χ4n) is 2.59. The van der Waals surface area contributed by atoms with Crippen LogP contribution < -0.4 is 11.2 Å². The molecule has 1 aliphatic heterocycles. The summed E-state index contributed by atoms with van der Waals surface area (Å²) < 4.78 is 6.29. The van der Waals surface area contributed by atoms with Crippen molar-refractivity contribution in [2.45, 2.75) is 56.8 Å². The maximum atomic E-state index is 11.9. The number of hydrogen-bond acceptors (Lipinski definition) is 7. The summed E-state index contributed by atoms with van der Waals surface area (Å²) in [4.78, 5) is 25.9. The lowest BCUT2D eigenvalue weighted by Gasteiger charge is -2.18. The molecule has 0 spiro atoms. The van der Waals surface area contributed by atoms with Gasteiger partial charge in [-0.15, -0.1) is 0 Å². The Morgan fingerprint density at radius 1 is 1.35 bits per heavy atom. The van der Waals surface area contributed by atoms with Crippen molar-refractivity contribution >= 4 is 0 Å². The van der Waals surface area contributed by atoms with Gasteiger partial charge in [0.2, 0.25) is 0 Å². The van der Waals surface area contributed by atoms with Crippen molar-refractivity contribution in [3.05, 3.63) is 32.6 Å². The maximum Gasteiger partial charge on any atom is 0.330 e. The zero-order chi connectivity index (χ0) is 17.1. The van der Waals surface area contributed by atoms with E-state index in [1.54, 1.807) is 6.92 Å². The molecule has 1 fully saturated rings. The summed E-state index contributed by atoms with van der Waals surface area (Å²) in [6, 6.07) is 0. The van der Waals surface area contributed by atoms with Gasteiger partial charge in [0.25, 0.3) is 5.56 Å². The first-order valence-electron chi connectivity index (χ1n) is 7.50. The van der Waals surface area contributed by atoms with Crippen molar-refractivity contribution in [2.24, 2.45) is 0 Å². The molecule has 9 nitrogen and oxygen atoms in total. The first-order valence-corrected chi connectivity index (χ1v) is 7.50. The van der Waals surface area contributed by atoms with E-state index in [2.05, 4.69) is 4.98 Å². The third-order valence-electron chi connectivity index (χ3n) is 3.90. The average molecular weight is 330 g/mol. The van der Waals surface area contributed by atoms with Crippen LogP contribution in [0.15, 0.2) is 15.8 Å². The molecule has 0 bridgehead atoms. The Bertz CT molecular complexity index is 639. The van der Waals surface area contributed by atoms with Gasteiger partial charge in [-0.05, 0) is 26.2 Å². The number of nitrogens with zero attached hydrogens (tertiary/aromatic N) is 1. The highest BCUT2D eigenvalue weighted by atomic mass is 16.6. The van der Waals surface area contributed by atoms with Gasteiger partial charge in [-0.2, -0.15) is 0 Å². The molecule has 2 heterocycles. The molecule has 0 aromatic carbocycles. The number of aromatic nitrogens is 2. The van der Waals surface area contributed by atoms with Crippen molar-refractivity contribution in [1.82, 2.24) is 9.55 Å². The van der Waals surface area contributed by atoms with E-state index in [4.69, 9.17) is 9.84 Å². The molecule has 9 heteroatoms. The zero-order valence-electron chi connectivity index (χ0n) is 12.8. The molecule has 1 aromatic heterocycles. The molecule has 0 amide bonds. The average Bonchev–Trinajstić information content (AvgIpc) is 2.77. The van der Waals surface area contributed by atoms with Crippen LogP contribution in [0.2, 0.25) is 0 Å². The Morgan fingerprint density at radius 3 is 2.61 bits per heavy atom. The van der Waals surface area contributed by atoms with E-state index in [1.165, 1.54) is 6.20 Å². The summed E-state index contributed by atoms with van der Waals surface area (Å²) >= 11 is 0. The number of aliphatic hydroxyl groups excluding tert-OH is 4. The Hall–Kier alpha value is -1.52. The number of rotatable bonds is 6. The second-order valence-corrected chi connectivity index (χ2v) is 5.79. The topological polar surface area (TPSA) is 145 Å². The molecule has 23 heavy (non-hydrogen) atoms. The largest absolute Gasteiger partial charge is 0.394 e. The first kappa shape index (κ1) is 17.8. The minimum atomic E-state index is -1.40. The van der Waals surface area contributed by atoms with Crippen LogP contribution in [0, 0.1) is 0 Å². The van der Waals surface area contributed by atoms with Crippen molar-refractivity contribution < 1.29 is 25.2 Å². The van der Waals surface area contributed by atoms with Crippen LogP contribution >= 0.6 is 0 Å². The predicted molar refractivity (Wildman–Crippen MR) is 79.0 cm³/mol. The summed E-state index contributed by atoms with van der Waals surface area (Å²) in [5.41, 5.74) is -1.00. The molecule has 0 saturated carbocycles. The highest BCUT2D eigenvalue weighted by molar-refractivity contribution is 5.06. The zero-order valence-corrected chi connectivity index (χ0v) is 12.8. The first-order chi connectivity index (χ1) is 10.8. The Kier molecular flexibility index (Phi) is 5.71. The normalized spacial score (nSPS) is 28.9. The van der Waals surface area contributed by atoms with Gasteiger partial charge in [0, 0.05) is 11.8 Å². The van der Waals surface area contributed by atoms with Gasteiger partial charge in [-0.25, -0.2) is 4.79 Å². The molecule has 1 aromatic rings. The van der Waals surface area contributed by atoms with Gasteiger partial charge in [-0.3, -0.25) is 14.3 Å². The van der Waals surface area contributed by atoms with Crippen LogP contribution in [-0.4, -0.2) is 61.0 Å². The Balaban J connectivity index is 2.25. The summed E-state index contributed by atoms with van der Waals surface area (Å²) in [5.74, 6) is 0. The van der Waals surface area contributed by atoms with Gasteiger partial charge in [-0.1, -0.05) is 0 Å². The van der Waals surface area contributed by atoms with Crippen molar-refractivity contribution in [2.75, 3.05) is 6.61 Å². The summed E-state index contributed by atoms with van der Waals surface area (Å²) in [5, 5.41) is 38.1. The predicted octanol–water partition coefficient (Wildman–Crippen LogP) is -2.15. The number of aliphatic hydroxyl groups is 4. The van der Waals surface area contributed by atoms with Gasteiger partial charge >= 0.3 is 5.69 Å². The van der Waals surface area contributed by atoms with Crippen molar-refractivity contribution in [3.8, 4) is 0 Å². The van der Waals surface area contributed by atoms with E-state index in [1.807, 2.05) is 0 Å². The number of nitrogens with one attached hydrogen (secondary N) is 1. The van der Waals surface area contributed by atoms with Crippen LogP contribution in [0.1, 0.15) is 31.6 Å². The molecule has 5 N–H and O–H groups in total. The van der Waals surface area contributed by atoms with Crippen molar-refractivity contribution in [3.63, 3.8) is 0 Å². The smallest absolute Gasteiger partial charge is 0.330 e. The third-order valence-corrected chi connectivity index (χ3v) is 3.90. The SMILES string of the molecule is CC(O)CCCc1cn([C@@H]2O[C@H](CO)[C@@H](O)[C@H]2O)c(=O)[nH]c1=O. The number of aromatic amines is 1. The quantitative estimate of drug-likeness (QED) is 0.400. The lowest BCUT2D eigenvalue weighted by molar-refractivity contribution is -0.0551. The Labute approximate surface area is 131 Å². The molecule has 2 rings (SSSR count). The number of ether oxygens (including phenoxy) is 1. The van der Waals surface area contributed by atoms with E-state index in [0.717, 1.165) is 4.57 Å². The lowest BCUT2D eigenvalue weighted by Crippen LogP contribution is -2.38. The van der Waals surface area contributed by atoms with E-state index in [-0.39, 0.29) is 0 Å². The van der Waals surface area contributed by atoms with E-state index < -0.39 is 48.5 Å². The van der Waals surface area contributed by atoms with Crippen molar-refractivity contribution in [1.29, 1.82) is 0 Å². The van der Waals surface area contributed by atoms with Crippen LogP contribution in [0.5, 0.6) is 0 Å². The third kappa shape index (κ3) is 3.88. The summed E-state index contributed by atoms with van der Waals surface area (Å²) in [7, 11) is 0. The van der Waals surface area contributed by atoms with Gasteiger partial charge < -0.3 is 25.2 Å². The standard InChI is InChI=1S/C14H22N2O7/c1-7(18)3-2-4-8-5-16(14(22)15-12(8)21)13-11(20)10(19)9(6-17)23-13/h5,7,9-11,13,17-20H,2-4,6H2,1H3,(H,15,21,22)/t7?,9-,10-,11-,13-/m1/s1. The number of aryl methyl sites for hydroxylation is 1. The molecule has 5 atom stereocenters. The molecule has 0 aliphatic carbocycles. The van der Waals surface area contributed by atoms with Crippen LogP contribution in [0.3, 0.4) is 0 Å². The molecule has 1 unspecified atom stereocenters. The van der Waals surface area contributed by atoms with E-state index in [0.29, 0.717) is 24.8 Å². The fourth-order valence-corrected chi connectivity index (χ4v) is 2.59.